The van der Waals surface area contributed by atoms with Gasteiger partial charge in [0.1, 0.15) is 5.52 Å². The number of fused-ring (bicyclic) bond motifs is 1. The van der Waals surface area contributed by atoms with Gasteiger partial charge in [0.15, 0.2) is 5.65 Å². The molecule has 0 fully saturated rings. The van der Waals surface area contributed by atoms with Crippen LogP contribution in [0.5, 0.6) is 0 Å². The van der Waals surface area contributed by atoms with Crippen molar-refractivity contribution in [3.8, 4) is 5.69 Å². The average molecular weight is 240 g/mol. The first kappa shape index (κ1) is 10.5. The summed E-state index contributed by atoms with van der Waals surface area (Å²) in [7, 11) is 0. The monoisotopic (exact) mass is 240 g/mol. The smallest absolute Gasteiger partial charge is 0.222 e. The molecule has 0 aliphatic rings. The Morgan fingerprint density at radius 2 is 2.00 bits per heavy atom. The molecular formula is C12H12N6. The van der Waals surface area contributed by atoms with Gasteiger partial charge in [-0.25, -0.2) is 9.97 Å². The molecule has 0 spiro atoms. The number of benzene rings is 1. The maximum Gasteiger partial charge on any atom is 0.222 e. The molecule has 90 valence electrons. The fourth-order valence-electron chi connectivity index (χ4n) is 1.93. The first-order chi connectivity index (χ1) is 8.65. The lowest BCUT2D eigenvalue weighted by atomic mass is 10.2. The highest BCUT2D eigenvalue weighted by atomic mass is 15.2. The lowest BCUT2D eigenvalue weighted by Gasteiger charge is -2.06. The van der Waals surface area contributed by atoms with Crippen LogP contribution in [0.1, 0.15) is 5.56 Å². The molecule has 0 radical (unpaired) electrons. The SMILES string of the molecule is Cc1cccc(-n2c(N)nc3cnc(N)nc32)c1. The number of rotatable bonds is 1. The third-order valence-corrected chi connectivity index (χ3v) is 2.70. The van der Waals surface area contributed by atoms with E-state index < -0.39 is 0 Å². The third kappa shape index (κ3) is 1.55. The molecule has 3 aromatic rings. The summed E-state index contributed by atoms with van der Waals surface area (Å²) in [5.41, 5.74) is 14.8. The van der Waals surface area contributed by atoms with Crippen molar-refractivity contribution in [3.63, 3.8) is 0 Å². The maximum absolute atomic E-state index is 5.93. The number of imidazole rings is 1. The highest BCUT2D eigenvalue weighted by molar-refractivity contribution is 5.77. The minimum atomic E-state index is 0.205. The van der Waals surface area contributed by atoms with E-state index in [-0.39, 0.29) is 5.95 Å². The van der Waals surface area contributed by atoms with Gasteiger partial charge in [0.05, 0.1) is 11.9 Å². The van der Waals surface area contributed by atoms with Crippen LogP contribution in [0, 0.1) is 6.92 Å². The molecular weight excluding hydrogens is 228 g/mol. The van der Waals surface area contributed by atoms with Gasteiger partial charge in [0, 0.05) is 0 Å². The van der Waals surface area contributed by atoms with Gasteiger partial charge in [-0.2, -0.15) is 4.98 Å². The highest BCUT2D eigenvalue weighted by Gasteiger charge is 2.12. The van der Waals surface area contributed by atoms with E-state index in [1.165, 1.54) is 0 Å². The van der Waals surface area contributed by atoms with E-state index >= 15 is 0 Å². The number of hydrogen-bond donors (Lipinski definition) is 2. The van der Waals surface area contributed by atoms with Gasteiger partial charge in [-0.05, 0) is 24.6 Å². The van der Waals surface area contributed by atoms with Gasteiger partial charge in [0.2, 0.25) is 11.9 Å². The highest BCUT2D eigenvalue weighted by Crippen LogP contribution is 2.21. The van der Waals surface area contributed by atoms with Crippen molar-refractivity contribution in [2.75, 3.05) is 11.5 Å². The summed E-state index contributed by atoms with van der Waals surface area (Å²) in [6.07, 6.45) is 1.57. The Kier molecular flexibility index (Phi) is 2.16. The Morgan fingerprint density at radius 1 is 1.17 bits per heavy atom. The normalized spacial score (nSPS) is 10.9. The molecule has 0 saturated heterocycles. The van der Waals surface area contributed by atoms with Crippen molar-refractivity contribution in [2.24, 2.45) is 0 Å². The lowest BCUT2D eigenvalue weighted by molar-refractivity contribution is 1.07. The van der Waals surface area contributed by atoms with Crippen LogP contribution in [-0.4, -0.2) is 19.5 Å². The van der Waals surface area contributed by atoms with Crippen molar-refractivity contribution < 1.29 is 0 Å². The van der Waals surface area contributed by atoms with Crippen LogP contribution >= 0.6 is 0 Å². The van der Waals surface area contributed by atoms with Crippen molar-refractivity contribution in [3.05, 3.63) is 36.0 Å². The summed E-state index contributed by atoms with van der Waals surface area (Å²) in [5.74, 6) is 0.576. The van der Waals surface area contributed by atoms with Crippen LogP contribution in [0.15, 0.2) is 30.5 Å². The van der Waals surface area contributed by atoms with E-state index in [0.717, 1.165) is 11.3 Å². The van der Waals surface area contributed by atoms with E-state index in [0.29, 0.717) is 17.1 Å². The number of aromatic nitrogens is 4. The molecule has 1 aromatic carbocycles. The van der Waals surface area contributed by atoms with Crippen molar-refractivity contribution in [1.82, 2.24) is 19.5 Å². The molecule has 0 atom stereocenters. The largest absolute Gasteiger partial charge is 0.369 e. The molecule has 0 saturated carbocycles. The summed E-state index contributed by atoms with van der Waals surface area (Å²) < 4.78 is 1.76. The van der Waals surface area contributed by atoms with E-state index in [1.54, 1.807) is 10.8 Å². The first-order valence-electron chi connectivity index (χ1n) is 5.48. The second-order valence-corrected chi connectivity index (χ2v) is 4.08. The quantitative estimate of drug-likeness (QED) is 0.668. The number of nitrogens with zero attached hydrogens (tertiary/aromatic N) is 4. The number of hydrogen-bond acceptors (Lipinski definition) is 5. The van der Waals surface area contributed by atoms with Crippen LogP contribution in [0.25, 0.3) is 16.9 Å². The minimum absolute atomic E-state index is 0.205. The molecule has 0 bridgehead atoms. The molecule has 6 nitrogen and oxygen atoms in total. The second-order valence-electron chi connectivity index (χ2n) is 4.08. The number of nitrogens with two attached hydrogens (primary N) is 2. The van der Waals surface area contributed by atoms with Crippen molar-refractivity contribution >= 4 is 23.1 Å². The molecule has 6 heteroatoms. The molecule has 0 aliphatic carbocycles. The predicted octanol–water partition coefficient (Wildman–Crippen LogP) is 1.29. The summed E-state index contributed by atoms with van der Waals surface area (Å²) in [6.45, 7) is 2.02. The molecule has 0 aliphatic heterocycles. The minimum Gasteiger partial charge on any atom is -0.369 e. The number of nitrogen functional groups attached to an aromatic ring is 2. The zero-order valence-electron chi connectivity index (χ0n) is 9.83. The molecule has 0 unspecified atom stereocenters. The van der Waals surface area contributed by atoms with Gasteiger partial charge in [0.25, 0.3) is 0 Å². The van der Waals surface area contributed by atoms with Crippen LogP contribution in [0.4, 0.5) is 11.9 Å². The zero-order valence-corrected chi connectivity index (χ0v) is 9.83. The third-order valence-electron chi connectivity index (χ3n) is 2.70. The molecule has 0 amide bonds. The molecule has 18 heavy (non-hydrogen) atoms. The molecule has 2 heterocycles. The van der Waals surface area contributed by atoms with Gasteiger partial charge in [-0.3, -0.25) is 4.57 Å². The average Bonchev–Trinajstić information content (AvgIpc) is 2.64. The molecule has 2 aromatic heterocycles. The summed E-state index contributed by atoms with van der Waals surface area (Å²) in [4.78, 5) is 12.3. The van der Waals surface area contributed by atoms with Crippen LogP contribution in [0.2, 0.25) is 0 Å². The summed E-state index contributed by atoms with van der Waals surface area (Å²) >= 11 is 0. The Labute approximate surface area is 103 Å². The zero-order chi connectivity index (χ0) is 12.7. The Morgan fingerprint density at radius 3 is 2.78 bits per heavy atom. The van der Waals surface area contributed by atoms with Gasteiger partial charge in [-0.1, -0.05) is 12.1 Å². The summed E-state index contributed by atoms with van der Waals surface area (Å²) in [6, 6.07) is 7.93. The van der Waals surface area contributed by atoms with Gasteiger partial charge >= 0.3 is 0 Å². The lowest BCUT2D eigenvalue weighted by Crippen LogP contribution is -2.02. The fraction of sp³-hybridized carbons (Fsp3) is 0.0833. The fourth-order valence-corrected chi connectivity index (χ4v) is 1.93. The Hall–Kier alpha value is -2.63. The molecule has 4 N–H and O–H groups in total. The van der Waals surface area contributed by atoms with Crippen LogP contribution in [-0.2, 0) is 0 Å². The van der Waals surface area contributed by atoms with E-state index in [4.69, 9.17) is 11.5 Å². The Balaban J connectivity index is 2.34. The standard InChI is InChI=1S/C12H12N6/c1-7-3-2-4-8(5-7)18-10-9(16-12(18)14)6-15-11(13)17-10/h2-6H,1H3,(H2,14,16)(H2,13,15,17). The Bertz CT molecular complexity index is 731. The van der Waals surface area contributed by atoms with Crippen LogP contribution in [0.3, 0.4) is 0 Å². The van der Waals surface area contributed by atoms with Crippen LogP contribution < -0.4 is 11.5 Å². The topological polar surface area (TPSA) is 95.6 Å². The van der Waals surface area contributed by atoms with Gasteiger partial charge in [-0.15, -0.1) is 0 Å². The van der Waals surface area contributed by atoms with Crippen molar-refractivity contribution in [1.29, 1.82) is 0 Å². The maximum atomic E-state index is 5.93. The number of aryl methyl sites for hydroxylation is 1. The number of anilines is 2. The van der Waals surface area contributed by atoms with E-state index in [1.807, 2.05) is 31.2 Å². The summed E-state index contributed by atoms with van der Waals surface area (Å²) in [5, 5.41) is 0. The van der Waals surface area contributed by atoms with Crippen molar-refractivity contribution in [2.45, 2.75) is 6.92 Å². The first-order valence-corrected chi connectivity index (χ1v) is 5.48. The molecule has 3 rings (SSSR count). The van der Waals surface area contributed by atoms with E-state index in [9.17, 15) is 0 Å². The van der Waals surface area contributed by atoms with E-state index in [2.05, 4.69) is 15.0 Å². The second kappa shape index (κ2) is 3.69. The van der Waals surface area contributed by atoms with Gasteiger partial charge < -0.3 is 11.5 Å². The predicted molar refractivity (Wildman–Crippen MR) is 70.2 cm³/mol.